The maximum absolute atomic E-state index is 2.73. The molecule has 2 aromatic carbocycles. The third kappa shape index (κ3) is 4.52. The fourth-order valence-corrected chi connectivity index (χ4v) is 6.91. The van der Waals surface area contributed by atoms with E-state index in [-0.39, 0.29) is 1.43 Å². The van der Waals surface area contributed by atoms with Crippen LogP contribution in [-0.2, 0) is 12.8 Å². The Morgan fingerprint density at radius 2 is 1.00 bits per heavy atom. The van der Waals surface area contributed by atoms with E-state index in [1.807, 2.05) is 0 Å². The summed E-state index contributed by atoms with van der Waals surface area (Å²) in [5, 5.41) is 0. The maximum atomic E-state index is 2.73. The molecule has 0 spiro atoms. The molecule has 4 nitrogen and oxygen atoms in total. The predicted molar refractivity (Wildman–Crippen MR) is 141 cm³/mol. The van der Waals surface area contributed by atoms with Crippen LogP contribution in [-0.4, -0.2) is 74.2 Å². The summed E-state index contributed by atoms with van der Waals surface area (Å²) in [7, 11) is 0. The summed E-state index contributed by atoms with van der Waals surface area (Å²) in [5.41, 5.74) is 6.13. The third-order valence-corrected chi connectivity index (χ3v) is 8.79. The van der Waals surface area contributed by atoms with E-state index in [4.69, 9.17) is 0 Å². The zero-order valence-corrected chi connectivity index (χ0v) is 20.2. The molecule has 0 aliphatic carbocycles. The van der Waals surface area contributed by atoms with Crippen molar-refractivity contribution in [3.8, 4) is 0 Å². The summed E-state index contributed by atoms with van der Waals surface area (Å²) in [6, 6.07) is 19.6. The monoisotopic (exact) mass is 447 g/mol. The predicted octanol–water partition coefficient (Wildman–Crippen LogP) is 4.68. The van der Waals surface area contributed by atoms with Gasteiger partial charge in [-0.15, -0.1) is 0 Å². The van der Waals surface area contributed by atoms with Gasteiger partial charge in [0, 0.05) is 64.2 Å². The van der Waals surface area contributed by atoms with Crippen LogP contribution in [0.15, 0.2) is 48.5 Å². The summed E-state index contributed by atoms with van der Waals surface area (Å²) in [5.74, 6) is 0. The molecule has 4 heteroatoms. The molecule has 0 radical (unpaired) electrons. The normalized spacial score (nSPS) is 22.7. The Kier molecular flexibility index (Phi) is 6.30. The number of anilines is 2. The van der Waals surface area contributed by atoms with E-state index in [0.29, 0.717) is 0 Å². The molecule has 0 aromatic heterocycles. The van der Waals surface area contributed by atoms with Crippen molar-refractivity contribution in [1.29, 1.82) is 0 Å². The molecule has 4 aliphatic heterocycles. The number of hydrogen-bond acceptors (Lipinski definition) is 4. The summed E-state index contributed by atoms with van der Waals surface area (Å²) in [6.07, 6.45) is 9.12. The van der Waals surface area contributed by atoms with E-state index in [1.54, 1.807) is 11.1 Å². The van der Waals surface area contributed by atoms with Gasteiger partial charge in [0.2, 0.25) is 0 Å². The Labute approximate surface area is 201 Å². The van der Waals surface area contributed by atoms with Crippen molar-refractivity contribution in [3.63, 3.8) is 0 Å². The van der Waals surface area contributed by atoms with Crippen LogP contribution in [0.4, 0.5) is 11.4 Å². The standard InChI is InChI=1S/C29H40N4.H2/c1-3-8-28-24(6-1)10-22-32(28)26-12-18-30(19-13-26)16-5-17-31-20-14-27(15-21-31)33-23-11-25-7-2-4-9-29(25)33;/h1-4,6-9,26-27H,5,10-23H2;1H/i;1+1. The Hall–Kier alpha value is -2.04. The van der Waals surface area contributed by atoms with Gasteiger partial charge < -0.3 is 19.6 Å². The molecule has 178 valence electrons. The van der Waals surface area contributed by atoms with Crippen LogP contribution in [0, 0.1) is 0 Å². The van der Waals surface area contributed by atoms with Crippen molar-refractivity contribution >= 4 is 11.4 Å². The molecule has 2 fully saturated rings. The molecule has 6 rings (SSSR count). The lowest BCUT2D eigenvalue weighted by Crippen LogP contribution is -2.46. The summed E-state index contributed by atoms with van der Waals surface area (Å²) < 4.78 is 0. The number of para-hydroxylation sites is 2. The minimum Gasteiger partial charge on any atom is -0.368 e. The molecule has 0 amide bonds. The van der Waals surface area contributed by atoms with Crippen LogP contribution >= 0.6 is 0 Å². The molecule has 4 aliphatic rings. The zero-order valence-electron chi connectivity index (χ0n) is 20.2. The SMILES string of the molecule is [2HH].c1ccc2c(c1)CCN2C1CCN(CCCN2CCC(N3CCc4ccccc43)CC2)CC1. The maximum Gasteiger partial charge on any atom is 0.0402 e. The van der Waals surface area contributed by atoms with Crippen LogP contribution in [0.5, 0.6) is 0 Å². The zero-order chi connectivity index (χ0) is 22.0. The first-order chi connectivity index (χ1) is 16.3. The van der Waals surface area contributed by atoms with Crippen LogP contribution in [0.25, 0.3) is 0 Å². The highest BCUT2D eigenvalue weighted by atomic mass is 15.2. The number of rotatable bonds is 6. The molecular formula is C29H42N4. The van der Waals surface area contributed by atoms with Crippen LogP contribution in [0.1, 0.15) is 44.7 Å². The van der Waals surface area contributed by atoms with Crippen molar-refractivity contribution in [1.82, 2.24) is 9.80 Å². The third-order valence-electron chi connectivity index (χ3n) is 8.79. The largest absolute Gasteiger partial charge is 0.368 e. The number of fused-ring (bicyclic) bond motifs is 2. The molecular weight excluding hydrogens is 404 g/mol. The Morgan fingerprint density at radius 3 is 1.45 bits per heavy atom. The average Bonchev–Trinajstić information content (AvgIpc) is 3.50. The average molecular weight is 448 g/mol. The summed E-state index contributed by atoms with van der Waals surface area (Å²) in [4.78, 5) is 10.9. The highest BCUT2D eigenvalue weighted by Crippen LogP contribution is 2.33. The minimum atomic E-state index is 0. The second-order valence-electron chi connectivity index (χ2n) is 10.6. The van der Waals surface area contributed by atoms with E-state index >= 15 is 0 Å². The molecule has 33 heavy (non-hydrogen) atoms. The highest BCUT2D eigenvalue weighted by molar-refractivity contribution is 5.59. The first-order valence-corrected chi connectivity index (χ1v) is 13.5. The Bertz CT molecular complexity index is 858. The number of hydrogen-bond donors (Lipinski definition) is 0. The van der Waals surface area contributed by atoms with Crippen molar-refractivity contribution in [3.05, 3.63) is 59.7 Å². The van der Waals surface area contributed by atoms with Gasteiger partial charge in [0.05, 0.1) is 0 Å². The van der Waals surface area contributed by atoms with E-state index in [0.717, 1.165) is 12.1 Å². The van der Waals surface area contributed by atoms with Gasteiger partial charge in [-0.2, -0.15) is 0 Å². The summed E-state index contributed by atoms with van der Waals surface area (Å²) >= 11 is 0. The number of nitrogens with zero attached hydrogens (tertiary/aromatic N) is 4. The van der Waals surface area contributed by atoms with Gasteiger partial charge in [-0.25, -0.2) is 0 Å². The second-order valence-corrected chi connectivity index (χ2v) is 10.6. The van der Waals surface area contributed by atoms with Crippen molar-refractivity contribution in [2.75, 3.05) is 62.2 Å². The van der Waals surface area contributed by atoms with Crippen molar-refractivity contribution in [2.24, 2.45) is 0 Å². The second kappa shape index (κ2) is 9.68. The van der Waals surface area contributed by atoms with Crippen molar-refractivity contribution < 1.29 is 1.43 Å². The van der Waals surface area contributed by atoms with Crippen LogP contribution in [0.2, 0.25) is 0 Å². The first kappa shape index (κ1) is 21.5. The minimum absolute atomic E-state index is 0. The molecule has 2 aromatic rings. The topological polar surface area (TPSA) is 13.0 Å². The van der Waals surface area contributed by atoms with Crippen LogP contribution in [0.3, 0.4) is 0 Å². The summed E-state index contributed by atoms with van der Waals surface area (Å²) in [6.45, 7) is 10.1. The molecule has 0 unspecified atom stereocenters. The van der Waals surface area contributed by atoms with E-state index < -0.39 is 0 Å². The van der Waals surface area contributed by atoms with Crippen molar-refractivity contribution in [2.45, 2.75) is 57.0 Å². The Balaban J connectivity index is 0.00000241. The lowest BCUT2D eigenvalue weighted by molar-refractivity contribution is 0.173. The first-order valence-electron chi connectivity index (χ1n) is 13.5. The van der Waals surface area contributed by atoms with Crippen LogP contribution < -0.4 is 9.80 Å². The lowest BCUT2D eigenvalue weighted by atomic mass is 10.0. The molecule has 0 bridgehead atoms. The van der Waals surface area contributed by atoms with Gasteiger partial charge in [-0.3, -0.25) is 0 Å². The lowest BCUT2D eigenvalue weighted by Gasteiger charge is -2.39. The molecule has 0 N–H and O–H groups in total. The molecule has 0 saturated carbocycles. The van der Waals surface area contributed by atoms with Gasteiger partial charge in [-0.05, 0) is 81.3 Å². The number of piperidine rings is 2. The highest BCUT2D eigenvalue weighted by Gasteiger charge is 2.30. The molecule has 0 atom stereocenters. The van der Waals surface area contributed by atoms with E-state index in [1.165, 1.54) is 109 Å². The van der Waals surface area contributed by atoms with E-state index in [9.17, 15) is 0 Å². The molecule has 2 saturated heterocycles. The van der Waals surface area contributed by atoms with Gasteiger partial charge in [0.25, 0.3) is 0 Å². The number of benzene rings is 2. The van der Waals surface area contributed by atoms with Gasteiger partial charge >= 0.3 is 0 Å². The van der Waals surface area contributed by atoms with E-state index in [2.05, 4.69) is 68.1 Å². The molecule has 4 heterocycles. The van der Waals surface area contributed by atoms with Gasteiger partial charge in [-0.1, -0.05) is 36.4 Å². The van der Waals surface area contributed by atoms with Gasteiger partial charge in [0.1, 0.15) is 0 Å². The Morgan fingerprint density at radius 1 is 0.576 bits per heavy atom. The number of likely N-dealkylation sites (tertiary alicyclic amines) is 2. The fourth-order valence-electron chi connectivity index (χ4n) is 6.91. The van der Waals surface area contributed by atoms with Gasteiger partial charge in [0.15, 0.2) is 0 Å². The quantitative estimate of drug-likeness (QED) is 0.638. The smallest absolute Gasteiger partial charge is 0.0402 e. The fraction of sp³-hybridized carbons (Fsp3) is 0.586.